The molecule has 0 aliphatic carbocycles. The molecule has 35 nitrogen and oxygen atoms in total. The van der Waals surface area contributed by atoms with Gasteiger partial charge in [-0.1, -0.05) is 71.2 Å². The molecular weight excluding hydrogens is 1780 g/mol. The Bertz CT molecular complexity index is 5770. The Balaban J connectivity index is 0.00000442. The molecule has 7 aliphatic rings. The number of aryl methyl sites for hydroxylation is 4. The fourth-order valence-corrected chi connectivity index (χ4v) is 20.1. The van der Waals surface area contributed by atoms with Crippen molar-refractivity contribution in [2.24, 2.45) is 60.3 Å². The van der Waals surface area contributed by atoms with Crippen LogP contribution in [0.1, 0.15) is 216 Å². The molecule has 135 heavy (non-hydrogen) atoms. The maximum absolute atomic E-state index is 15.4. The number of hydrogen-bond donors (Lipinski definition) is 4. The minimum atomic E-state index is -1.54. The summed E-state index contributed by atoms with van der Waals surface area (Å²) in [5.74, 6) is -9.34. The molecule has 1 fully saturated rings. The molecule has 36 heteroatoms. The quantitative estimate of drug-likeness (QED) is 0.0139. The van der Waals surface area contributed by atoms with Crippen LogP contribution in [0.2, 0.25) is 0 Å². The molecular formula is C99H123CoN14O21. The standard InChI is InChI=1S/C97H124N12O21.2CN.Co/c1-22-59-52(3)67-45-68-54(5)61(25-31-76(111)112)73(100-68)48-74-62(55(6)70(101-74)47-72-60(23-2)53(4)69(99-72)46-71(59)98-67)26-32-81(117)130-43-42-129-41-40-128-39-38-109-51-58(107-108-109)24-30-75(110)102-88-87-64(28-34-78(114)122-16)95(12,49-83(119)126-20)90(104-87)57(8)86-65(29-35-79(115)123-17)96(13,50-84(120)127-21)97(14,106-86)91-66(44-82(118)125-19)94(11,37-36-80(116)124-18)89(105-91)56(7)85-63(27-33-77(113)121-15)93(9,10)92(88)103-85;2*1-2;/h22-23,45-48,51,63-66,91H,1-2,24-44,49-50H2,3-21H3,(H5,98,99,100,101,102,103,104,105,106,107,108,110,111,112);;;/q;2*-1;+3/p-1/t63-,64-,65-,66+,91?,94-,95+,96+,97+;;;/m1.../s1. The largest absolute Gasteiger partial charge is 3.00 e. The number of carbonyl (C=O) groups excluding carboxylic acids is 9. The van der Waals surface area contributed by atoms with Gasteiger partial charge in [0.05, 0.1) is 152 Å². The van der Waals surface area contributed by atoms with Crippen molar-refractivity contribution in [1.29, 1.82) is 10.5 Å². The van der Waals surface area contributed by atoms with Crippen LogP contribution in [-0.2, 0) is 131 Å². The normalized spacial score (nSPS) is 23.3. The number of aliphatic imine (C=N–C) groups is 3. The number of esters is 8. The maximum atomic E-state index is 15.4. The first-order valence-electron chi connectivity index (χ1n) is 44.5. The van der Waals surface area contributed by atoms with Crippen LogP contribution in [0.3, 0.4) is 0 Å². The van der Waals surface area contributed by atoms with E-state index >= 15 is 4.79 Å². The number of hydrogen-bond acceptors (Lipinski definition) is 29. The van der Waals surface area contributed by atoms with Crippen LogP contribution in [0, 0.1) is 82.8 Å². The van der Waals surface area contributed by atoms with Gasteiger partial charge in [0.1, 0.15) is 6.61 Å². The molecule has 9 atom stereocenters. The summed E-state index contributed by atoms with van der Waals surface area (Å²) in [6.07, 6.45) is 4.34. The number of aromatic nitrogens is 7. The van der Waals surface area contributed by atoms with Gasteiger partial charge in [-0.05, 0) is 167 Å². The summed E-state index contributed by atoms with van der Waals surface area (Å²) in [7, 11) is 8.90. The summed E-state index contributed by atoms with van der Waals surface area (Å²) in [6.45, 7) is 41.6. The molecule has 724 valence electrons. The molecule has 0 aromatic carbocycles. The molecule has 4 aromatic rings. The average Bonchev–Trinajstić information content (AvgIpc) is 1.52. The van der Waals surface area contributed by atoms with Crippen molar-refractivity contribution in [2.45, 2.75) is 210 Å². The molecule has 4 aromatic heterocycles. The number of nitrogens with zero attached hydrogens (tertiary/aromatic N) is 11. The number of aliphatic carboxylic acids is 1. The molecule has 1 unspecified atom stereocenters. The Morgan fingerprint density at radius 2 is 1.08 bits per heavy atom. The molecule has 11 rings (SSSR count). The SMILES string of the molecule is C=CC1=C(C)c2cc3[nH]c(cc4nc(cc5[nH]c(cc1n2)c(C)c5CCC(=O)OCCOCCOCCn1cc(CCC(=O)N/C2=C5N=C(/C(C)=C6\[N-]C([C@H](CC(=O)OC)[C@@]6(C)CCC(=O)OC)[C@]6(C)N=C(/C(C)=C7N=C2[C@@H](CCC(=O)OC)[C@]\7(C)CC(=O)OC)[C@@H](CCC(=O)OC)[C@]6(C)CC(=O)OC)[C@@H](CCC(=O)OC)C/5(C)C)nn1)C(CCC(=O)O)=C4C)c(C)c3C=C.[C-]#N.[C-]#N.[Co+3]. The first-order chi connectivity index (χ1) is 63.8. The molecule has 0 radical (unpaired) electrons. The van der Waals surface area contributed by atoms with Crippen LogP contribution in [-0.4, -0.2) is 211 Å². The van der Waals surface area contributed by atoms with Gasteiger partial charge in [0.25, 0.3) is 0 Å². The number of carbonyl (C=O) groups is 10. The third-order valence-electron chi connectivity index (χ3n) is 27.8. The van der Waals surface area contributed by atoms with Crippen molar-refractivity contribution in [1.82, 2.24) is 40.2 Å². The van der Waals surface area contributed by atoms with Gasteiger partial charge >= 0.3 is 70.5 Å². The molecule has 11 heterocycles. The summed E-state index contributed by atoms with van der Waals surface area (Å²) in [5, 5.41) is 40.2. The number of carboxylic acids is 1. The number of H-pyrrole nitrogens is 2. The number of amides is 1. The average molecular weight is 1900 g/mol. The Morgan fingerprint density at radius 3 is 1.70 bits per heavy atom. The van der Waals surface area contributed by atoms with E-state index in [-0.39, 0.29) is 176 Å². The Morgan fingerprint density at radius 1 is 0.541 bits per heavy atom. The third kappa shape index (κ3) is 23.0. The van der Waals surface area contributed by atoms with E-state index in [1.165, 1.54) is 49.8 Å². The number of fused-ring (bicyclic) bond motifs is 14. The minimum absolute atomic E-state index is 0. The van der Waals surface area contributed by atoms with Gasteiger partial charge in [0.15, 0.2) is 0 Å². The van der Waals surface area contributed by atoms with Crippen LogP contribution in [0.5, 0.6) is 0 Å². The summed E-state index contributed by atoms with van der Waals surface area (Å²) in [5.41, 5.74) is 9.79. The van der Waals surface area contributed by atoms with Gasteiger partial charge < -0.3 is 96.7 Å². The number of carboxylic acid groups (broad SMARTS) is 1. The van der Waals surface area contributed by atoms with Crippen LogP contribution in [0.25, 0.3) is 55.8 Å². The van der Waals surface area contributed by atoms with Crippen LogP contribution >= 0.6 is 0 Å². The number of allylic oxidation sites excluding steroid dienone is 11. The van der Waals surface area contributed by atoms with Gasteiger partial charge in [0.2, 0.25) is 5.91 Å². The van der Waals surface area contributed by atoms with Crippen molar-refractivity contribution >= 4 is 127 Å². The number of nitrogens with one attached hydrogen (secondary N) is 3. The third-order valence-corrected chi connectivity index (χ3v) is 27.8. The van der Waals surface area contributed by atoms with Gasteiger partial charge in [0, 0.05) is 143 Å². The summed E-state index contributed by atoms with van der Waals surface area (Å²) < 4.78 is 56.7. The summed E-state index contributed by atoms with van der Waals surface area (Å²) >= 11 is 0. The fraction of sp³-hybridized carbons (Fsp3) is 0.525. The van der Waals surface area contributed by atoms with Crippen molar-refractivity contribution < 1.29 is 117 Å². The van der Waals surface area contributed by atoms with E-state index < -0.39 is 117 Å². The molecule has 0 spiro atoms. The van der Waals surface area contributed by atoms with Crippen molar-refractivity contribution in [3.05, 3.63) is 153 Å². The molecule has 16 bridgehead atoms. The van der Waals surface area contributed by atoms with Crippen LogP contribution in [0.15, 0.2) is 98.6 Å². The van der Waals surface area contributed by atoms with E-state index in [4.69, 9.17) is 101 Å². The topological polar surface area (TPSA) is 482 Å². The second kappa shape index (κ2) is 46.5. The molecule has 7 aliphatic heterocycles. The molecule has 1 saturated heterocycles. The number of aromatic amines is 2. The van der Waals surface area contributed by atoms with Crippen LogP contribution in [0.4, 0.5) is 0 Å². The van der Waals surface area contributed by atoms with E-state index in [1.807, 2.05) is 107 Å². The molecule has 4 N–H and O–H groups in total. The minimum Gasteiger partial charge on any atom is -0.682 e. The van der Waals surface area contributed by atoms with E-state index in [0.717, 1.165) is 66.8 Å². The first-order valence-corrected chi connectivity index (χ1v) is 44.5. The zero-order chi connectivity index (χ0) is 98.8. The monoisotopic (exact) mass is 1900 g/mol. The van der Waals surface area contributed by atoms with Crippen molar-refractivity contribution in [3.63, 3.8) is 0 Å². The van der Waals surface area contributed by atoms with Gasteiger partial charge in [-0.25, -0.2) is 14.6 Å². The van der Waals surface area contributed by atoms with E-state index in [0.29, 0.717) is 68.7 Å². The zero-order valence-electron chi connectivity index (χ0n) is 80.5. The second-order valence-electron chi connectivity index (χ2n) is 35.6. The van der Waals surface area contributed by atoms with E-state index in [2.05, 4.69) is 38.8 Å². The Labute approximate surface area is 797 Å². The number of rotatable bonds is 39. The second-order valence-corrected chi connectivity index (χ2v) is 35.6. The summed E-state index contributed by atoms with van der Waals surface area (Å²) in [6, 6.07) is 6.83. The fourth-order valence-electron chi connectivity index (χ4n) is 20.1. The Kier molecular flexibility index (Phi) is 37.1. The molecule has 0 saturated carbocycles. The zero-order valence-corrected chi connectivity index (χ0v) is 81.5. The van der Waals surface area contributed by atoms with Gasteiger partial charge in [-0.15, -0.1) is 5.10 Å². The first kappa shape index (κ1) is 108. The van der Waals surface area contributed by atoms with Crippen LogP contribution < -0.4 is 5.32 Å². The van der Waals surface area contributed by atoms with Gasteiger partial charge in [-0.3, -0.25) is 62.9 Å². The van der Waals surface area contributed by atoms with Crippen molar-refractivity contribution in [3.8, 4) is 0 Å². The summed E-state index contributed by atoms with van der Waals surface area (Å²) in [4.78, 5) is 173. The molecule has 1 amide bonds. The van der Waals surface area contributed by atoms with Crippen molar-refractivity contribution in [2.75, 3.05) is 82.8 Å². The number of ether oxygens (including phenoxy) is 10. The Hall–Kier alpha value is -12.6. The van der Waals surface area contributed by atoms with E-state index in [1.54, 1.807) is 23.9 Å². The van der Waals surface area contributed by atoms with Gasteiger partial charge in [-0.2, -0.15) is 5.70 Å². The predicted octanol–water partition coefficient (Wildman–Crippen LogP) is 14.2. The number of methoxy groups -OCH3 is 7. The smallest absolute Gasteiger partial charge is 0.682 e. The predicted molar refractivity (Wildman–Crippen MR) is 497 cm³/mol. The maximum Gasteiger partial charge on any atom is 3.00 e. The van der Waals surface area contributed by atoms with E-state index in [9.17, 15) is 48.3 Å².